The van der Waals surface area contributed by atoms with Crippen molar-refractivity contribution in [3.05, 3.63) is 81.9 Å². The lowest BCUT2D eigenvalue weighted by Gasteiger charge is -2.19. The molecule has 1 unspecified atom stereocenters. The van der Waals surface area contributed by atoms with Gasteiger partial charge in [-0.2, -0.15) is 5.10 Å². The fourth-order valence-electron chi connectivity index (χ4n) is 3.19. The summed E-state index contributed by atoms with van der Waals surface area (Å²) in [7, 11) is 0. The van der Waals surface area contributed by atoms with E-state index in [1.807, 2.05) is 42.6 Å². The molecule has 0 radical (unpaired) electrons. The molecule has 0 spiro atoms. The lowest BCUT2D eigenvalue weighted by Crippen LogP contribution is -2.31. The minimum atomic E-state index is -0.530. The monoisotopic (exact) mass is 408 g/mol. The summed E-state index contributed by atoms with van der Waals surface area (Å²) in [5.74, 6) is -0.274. The van der Waals surface area contributed by atoms with Gasteiger partial charge in [0.2, 0.25) is 0 Å². The number of furan rings is 1. The molecule has 0 aliphatic carbocycles. The van der Waals surface area contributed by atoms with Gasteiger partial charge >= 0.3 is 5.97 Å². The Labute approximate surface area is 172 Å². The van der Waals surface area contributed by atoms with Crippen LogP contribution in [0.2, 0.25) is 0 Å². The van der Waals surface area contributed by atoms with Gasteiger partial charge in [-0.05, 0) is 47.7 Å². The van der Waals surface area contributed by atoms with Gasteiger partial charge in [0.25, 0.3) is 5.91 Å². The number of esters is 1. The van der Waals surface area contributed by atoms with Crippen LogP contribution in [-0.4, -0.2) is 29.2 Å². The molecule has 0 saturated heterocycles. The van der Waals surface area contributed by atoms with Crippen LogP contribution in [0.1, 0.15) is 45.9 Å². The molecule has 1 atom stereocenters. The molecule has 3 heterocycles. The maximum Gasteiger partial charge on any atom is 0.338 e. The van der Waals surface area contributed by atoms with Gasteiger partial charge in [-0.3, -0.25) is 4.79 Å². The molecule has 0 saturated carbocycles. The third kappa shape index (κ3) is 4.14. The van der Waals surface area contributed by atoms with Crippen LogP contribution < -0.4 is 0 Å². The molecule has 0 N–H and O–H groups in total. The van der Waals surface area contributed by atoms with Crippen molar-refractivity contribution in [2.45, 2.75) is 25.8 Å². The van der Waals surface area contributed by atoms with E-state index in [-0.39, 0.29) is 12.6 Å². The van der Waals surface area contributed by atoms with Crippen molar-refractivity contribution in [2.75, 3.05) is 6.61 Å². The first kappa shape index (κ1) is 19.1. The Bertz CT molecular complexity index is 1010. The molecule has 29 heavy (non-hydrogen) atoms. The topological polar surface area (TPSA) is 72.1 Å². The lowest BCUT2D eigenvalue weighted by molar-refractivity contribution is -0.136. The minimum absolute atomic E-state index is 0.350. The second-order valence-electron chi connectivity index (χ2n) is 6.62. The van der Waals surface area contributed by atoms with Crippen LogP contribution in [0.5, 0.6) is 0 Å². The first-order valence-electron chi connectivity index (χ1n) is 9.38. The fraction of sp³-hybridized carbons (Fsp3) is 0.227. The van der Waals surface area contributed by atoms with Crippen molar-refractivity contribution in [3.63, 3.8) is 0 Å². The maximum absolute atomic E-state index is 12.8. The molecule has 148 valence electrons. The van der Waals surface area contributed by atoms with Crippen LogP contribution in [0.4, 0.5) is 0 Å². The summed E-state index contributed by atoms with van der Waals surface area (Å²) in [6.45, 7) is 1.66. The molecule has 3 aromatic rings. The van der Waals surface area contributed by atoms with Crippen molar-refractivity contribution in [1.29, 1.82) is 0 Å². The quantitative estimate of drug-likeness (QED) is 0.566. The summed E-state index contributed by atoms with van der Waals surface area (Å²) in [6, 6.07) is 14.3. The van der Waals surface area contributed by atoms with Gasteiger partial charge in [-0.25, -0.2) is 9.80 Å². The van der Waals surface area contributed by atoms with Crippen molar-refractivity contribution >= 4 is 28.9 Å². The highest BCUT2D eigenvalue weighted by Gasteiger charge is 2.35. The molecular formula is C22H20N2O4S. The fourth-order valence-corrected chi connectivity index (χ4v) is 3.91. The molecule has 0 bridgehead atoms. The number of benzene rings is 1. The summed E-state index contributed by atoms with van der Waals surface area (Å²) in [5.41, 5.74) is 2.37. The Morgan fingerprint density at radius 2 is 2.03 bits per heavy atom. The molecule has 1 aromatic carbocycles. The van der Waals surface area contributed by atoms with E-state index in [9.17, 15) is 9.59 Å². The predicted octanol–water partition coefficient (Wildman–Crippen LogP) is 4.44. The second kappa shape index (κ2) is 8.45. The van der Waals surface area contributed by atoms with Gasteiger partial charge in [-0.15, -0.1) is 11.3 Å². The van der Waals surface area contributed by atoms with Crippen LogP contribution in [0.3, 0.4) is 0 Å². The molecule has 1 aliphatic heterocycles. The molecular weight excluding hydrogens is 388 g/mol. The molecule has 2 aromatic heterocycles. The number of thiophene rings is 1. The number of carbonyl (C=O) groups excluding carboxylic acids is 2. The molecule has 4 rings (SSSR count). The number of nitrogens with zero attached hydrogens (tertiary/aromatic N) is 2. The summed E-state index contributed by atoms with van der Waals surface area (Å²) in [4.78, 5) is 26.1. The zero-order valence-electron chi connectivity index (χ0n) is 15.9. The number of hydrogen-bond donors (Lipinski definition) is 0. The summed E-state index contributed by atoms with van der Waals surface area (Å²) in [6.07, 6.45) is 3.01. The standard InChI is InChI=1S/C22H20N2O4S/c1-2-15-7-9-16(10-8-15)22(26)28-14-21(25)24-18(19-5-3-11-27-19)13-17(23-24)20-6-4-12-29-20/h3-12,18H,2,13-14H2,1H3. The number of rotatable bonds is 6. The lowest BCUT2D eigenvalue weighted by atomic mass is 10.1. The van der Waals surface area contributed by atoms with E-state index in [4.69, 9.17) is 9.15 Å². The number of amides is 1. The minimum Gasteiger partial charge on any atom is -0.467 e. The third-order valence-corrected chi connectivity index (χ3v) is 5.69. The third-order valence-electron chi connectivity index (χ3n) is 4.77. The summed E-state index contributed by atoms with van der Waals surface area (Å²) >= 11 is 1.57. The van der Waals surface area contributed by atoms with E-state index in [0.717, 1.165) is 22.6 Å². The van der Waals surface area contributed by atoms with E-state index in [2.05, 4.69) is 5.10 Å². The SMILES string of the molecule is CCc1ccc(C(=O)OCC(=O)N2N=C(c3cccs3)CC2c2ccco2)cc1. The van der Waals surface area contributed by atoms with E-state index < -0.39 is 11.9 Å². The molecule has 7 heteroatoms. The van der Waals surface area contributed by atoms with Crippen molar-refractivity contribution in [2.24, 2.45) is 5.10 Å². The highest BCUT2D eigenvalue weighted by Crippen LogP contribution is 2.34. The Morgan fingerprint density at radius 1 is 1.21 bits per heavy atom. The number of aryl methyl sites for hydroxylation is 1. The van der Waals surface area contributed by atoms with Gasteiger partial charge in [-0.1, -0.05) is 25.1 Å². The van der Waals surface area contributed by atoms with Crippen molar-refractivity contribution < 1.29 is 18.7 Å². The molecule has 0 fully saturated rings. The van der Waals surface area contributed by atoms with Gasteiger partial charge in [0.15, 0.2) is 6.61 Å². The number of ether oxygens (including phenoxy) is 1. The van der Waals surface area contributed by atoms with E-state index in [1.54, 1.807) is 35.8 Å². The number of carbonyl (C=O) groups is 2. The van der Waals surface area contributed by atoms with E-state index in [1.165, 1.54) is 5.01 Å². The smallest absolute Gasteiger partial charge is 0.338 e. The van der Waals surface area contributed by atoms with Crippen LogP contribution in [0.25, 0.3) is 0 Å². The van der Waals surface area contributed by atoms with Crippen LogP contribution in [0.15, 0.2) is 69.7 Å². The Morgan fingerprint density at radius 3 is 2.69 bits per heavy atom. The maximum atomic E-state index is 12.8. The van der Waals surface area contributed by atoms with Gasteiger partial charge in [0.1, 0.15) is 11.8 Å². The Hall–Kier alpha value is -3.19. The van der Waals surface area contributed by atoms with Crippen LogP contribution >= 0.6 is 11.3 Å². The molecule has 1 amide bonds. The highest BCUT2D eigenvalue weighted by molar-refractivity contribution is 7.12. The first-order valence-corrected chi connectivity index (χ1v) is 10.3. The Balaban J connectivity index is 1.46. The Kier molecular flexibility index (Phi) is 5.57. The van der Waals surface area contributed by atoms with Gasteiger partial charge < -0.3 is 9.15 Å². The summed E-state index contributed by atoms with van der Waals surface area (Å²) < 4.78 is 10.7. The largest absolute Gasteiger partial charge is 0.467 e. The zero-order valence-corrected chi connectivity index (χ0v) is 16.7. The summed E-state index contributed by atoms with van der Waals surface area (Å²) in [5, 5.41) is 7.83. The number of hydrazone groups is 1. The van der Waals surface area contributed by atoms with E-state index >= 15 is 0 Å². The van der Waals surface area contributed by atoms with Gasteiger partial charge in [0.05, 0.1) is 22.4 Å². The first-order chi connectivity index (χ1) is 14.2. The van der Waals surface area contributed by atoms with Crippen LogP contribution in [0, 0.1) is 0 Å². The highest BCUT2D eigenvalue weighted by atomic mass is 32.1. The average Bonchev–Trinajstić information content (AvgIpc) is 3.51. The van der Waals surface area contributed by atoms with Crippen molar-refractivity contribution in [1.82, 2.24) is 5.01 Å². The predicted molar refractivity (Wildman–Crippen MR) is 110 cm³/mol. The van der Waals surface area contributed by atoms with E-state index in [0.29, 0.717) is 17.7 Å². The van der Waals surface area contributed by atoms with Crippen LogP contribution in [-0.2, 0) is 16.0 Å². The molecule has 6 nitrogen and oxygen atoms in total. The number of hydrogen-bond acceptors (Lipinski definition) is 6. The molecule has 1 aliphatic rings. The van der Waals surface area contributed by atoms with Crippen molar-refractivity contribution in [3.8, 4) is 0 Å². The normalized spacial score (nSPS) is 16.0. The zero-order chi connectivity index (χ0) is 20.2. The average molecular weight is 408 g/mol. The second-order valence-corrected chi connectivity index (χ2v) is 7.57. The van der Waals surface area contributed by atoms with Gasteiger partial charge in [0, 0.05) is 6.42 Å².